The first kappa shape index (κ1) is 9.80. The van der Waals surface area contributed by atoms with E-state index in [9.17, 15) is 0 Å². The first-order valence-electron chi connectivity index (χ1n) is 3.24. The number of hydrogen-bond acceptors (Lipinski definition) is 0. The van der Waals surface area contributed by atoms with Gasteiger partial charge in [0.15, 0.2) is 0 Å². The van der Waals surface area contributed by atoms with Crippen LogP contribution in [0.15, 0.2) is 0 Å². The molecule has 0 saturated carbocycles. The van der Waals surface area contributed by atoms with Crippen molar-refractivity contribution in [1.29, 1.82) is 0 Å². The first-order valence-corrected chi connectivity index (χ1v) is 7.72. The Kier molecular flexibility index (Phi) is 4.99. The summed E-state index contributed by atoms with van der Waals surface area (Å²) in [7, 11) is -1.02. The maximum atomic E-state index is 5.75. The van der Waals surface area contributed by atoms with E-state index in [4.69, 9.17) is 23.2 Å². The van der Waals surface area contributed by atoms with Crippen LogP contribution in [0.25, 0.3) is 0 Å². The topological polar surface area (TPSA) is 0 Å². The molecule has 0 aromatic carbocycles. The number of hydrogen-bond donors (Lipinski definition) is 0. The molecule has 0 fully saturated rings. The zero-order valence-corrected chi connectivity index (χ0v) is 8.60. The average molecular weight is 185 g/mol. The third kappa shape index (κ3) is 5.25. The standard InChI is InChI=1S/C6H14Cl2Si/c1-9(2,6-8)5-3-4-7/h3-6H2,1-2H3. The molecule has 0 aromatic heterocycles. The highest BCUT2D eigenvalue weighted by Crippen LogP contribution is 2.13. The molecule has 56 valence electrons. The van der Waals surface area contributed by atoms with Crippen molar-refractivity contribution in [3.8, 4) is 0 Å². The second-order valence-corrected chi connectivity index (χ2v) is 9.37. The fourth-order valence-electron chi connectivity index (χ4n) is 0.612. The van der Waals surface area contributed by atoms with Crippen LogP contribution in [0.2, 0.25) is 19.1 Å². The lowest BCUT2D eigenvalue weighted by atomic mass is 10.6. The molecule has 0 unspecified atom stereocenters. The van der Waals surface area contributed by atoms with Gasteiger partial charge in [-0.1, -0.05) is 19.1 Å². The normalized spacial score (nSPS) is 12.0. The number of alkyl halides is 2. The SMILES string of the molecule is C[Si](C)(CCl)CCCCl. The Labute approximate surface area is 68.6 Å². The van der Waals surface area contributed by atoms with Crippen molar-refractivity contribution in [1.82, 2.24) is 0 Å². The van der Waals surface area contributed by atoms with Crippen molar-refractivity contribution in [2.45, 2.75) is 25.6 Å². The number of rotatable bonds is 4. The summed E-state index contributed by atoms with van der Waals surface area (Å²) in [6.07, 6.45) is 1.13. The van der Waals surface area contributed by atoms with Crippen LogP contribution in [0.1, 0.15) is 6.42 Å². The van der Waals surface area contributed by atoms with Gasteiger partial charge in [0, 0.05) is 11.4 Å². The van der Waals surface area contributed by atoms with Crippen molar-refractivity contribution in [3.05, 3.63) is 0 Å². The smallest absolute Gasteiger partial charge is 0.0640 e. The molecule has 0 heterocycles. The van der Waals surface area contributed by atoms with E-state index in [1.54, 1.807) is 0 Å². The second-order valence-electron chi connectivity index (χ2n) is 3.09. The van der Waals surface area contributed by atoms with Crippen molar-refractivity contribution in [2.75, 3.05) is 11.4 Å². The summed E-state index contributed by atoms with van der Waals surface area (Å²) in [5.74, 6) is 0.785. The summed E-state index contributed by atoms with van der Waals surface area (Å²) in [4.78, 5) is 0. The van der Waals surface area contributed by atoms with Gasteiger partial charge in [-0.2, -0.15) is 0 Å². The Hall–Kier alpha value is 0.797. The van der Waals surface area contributed by atoms with Crippen molar-refractivity contribution in [3.63, 3.8) is 0 Å². The minimum absolute atomic E-state index is 0.785. The van der Waals surface area contributed by atoms with Crippen LogP contribution in [0.3, 0.4) is 0 Å². The van der Waals surface area contributed by atoms with E-state index in [1.807, 2.05) is 0 Å². The fraction of sp³-hybridized carbons (Fsp3) is 1.00. The van der Waals surface area contributed by atoms with Gasteiger partial charge in [-0.15, -0.1) is 23.2 Å². The van der Waals surface area contributed by atoms with Crippen LogP contribution in [0, 0.1) is 0 Å². The Morgan fingerprint density at radius 1 is 1.22 bits per heavy atom. The van der Waals surface area contributed by atoms with E-state index < -0.39 is 8.07 Å². The maximum absolute atomic E-state index is 5.75. The molecule has 0 aromatic rings. The summed E-state index contributed by atoms with van der Waals surface area (Å²) < 4.78 is 0. The van der Waals surface area contributed by atoms with E-state index in [0.717, 1.165) is 17.8 Å². The number of halogens is 2. The largest absolute Gasteiger partial charge is 0.130 e. The fourth-order valence-corrected chi connectivity index (χ4v) is 2.64. The summed E-state index contributed by atoms with van der Waals surface area (Å²) in [6, 6.07) is 1.26. The third-order valence-corrected chi connectivity index (χ3v) is 6.22. The molecule has 0 N–H and O–H groups in total. The first-order chi connectivity index (χ1) is 4.12. The van der Waals surface area contributed by atoms with Crippen molar-refractivity contribution >= 4 is 31.3 Å². The second kappa shape index (κ2) is 4.59. The molecule has 9 heavy (non-hydrogen) atoms. The molecule has 0 saturated heterocycles. The summed E-state index contributed by atoms with van der Waals surface area (Å²) in [6.45, 7) is 4.60. The Bertz CT molecular complexity index is 73.5. The van der Waals surface area contributed by atoms with Crippen LogP contribution in [-0.4, -0.2) is 19.5 Å². The maximum Gasteiger partial charge on any atom is 0.0640 e. The molecule has 0 spiro atoms. The van der Waals surface area contributed by atoms with Crippen LogP contribution in [0.5, 0.6) is 0 Å². The molecule has 0 rings (SSSR count). The molecule has 0 atom stereocenters. The molecule has 0 nitrogen and oxygen atoms in total. The van der Waals surface area contributed by atoms with Gasteiger partial charge in [-0.25, -0.2) is 0 Å². The van der Waals surface area contributed by atoms with Crippen LogP contribution < -0.4 is 0 Å². The van der Waals surface area contributed by atoms with E-state index in [0.29, 0.717) is 0 Å². The van der Waals surface area contributed by atoms with Gasteiger partial charge in [0.25, 0.3) is 0 Å². The molecule has 0 aliphatic heterocycles. The van der Waals surface area contributed by atoms with Gasteiger partial charge in [-0.3, -0.25) is 0 Å². The average Bonchev–Trinajstić information content (AvgIpc) is 1.84. The van der Waals surface area contributed by atoms with Crippen LogP contribution in [-0.2, 0) is 0 Å². The minimum atomic E-state index is -1.02. The minimum Gasteiger partial charge on any atom is -0.130 e. The molecule has 3 heteroatoms. The van der Waals surface area contributed by atoms with E-state index >= 15 is 0 Å². The zero-order chi connectivity index (χ0) is 7.33. The lowest BCUT2D eigenvalue weighted by Crippen LogP contribution is -2.27. The molecule has 0 aliphatic rings. The molecule has 0 aliphatic carbocycles. The predicted octanol–water partition coefficient (Wildman–Crippen LogP) is 3.10. The third-order valence-electron chi connectivity index (χ3n) is 1.35. The molecular weight excluding hydrogens is 171 g/mol. The van der Waals surface area contributed by atoms with Crippen molar-refractivity contribution < 1.29 is 0 Å². The summed E-state index contributed by atoms with van der Waals surface area (Å²) in [5.41, 5.74) is 0.865. The van der Waals surface area contributed by atoms with Gasteiger partial charge in [0.1, 0.15) is 0 Å². The zero-order valence-electron chi connectivity index (χ0n) is 6.08. The van der Waals surface area contributed by atoms with Gasteiger partial charge < -0.3 is 0 Å². The highest BCUT2D eigenvalue weighted by Gasteiger charge is 2.17. The quantitative estimate of drug-likeness (QED) is 0.466. The van der Waals surface area contributed by atoms with Gasteiger partial charge in [-0.05, 0) is 6.42 Å². The summed E-state index contributed by atoms with van der Waals surface area (Å²) >= 11 is 11.3. The lowest BCUT2D eigenvalue weighted by molar-refractivity contribution is 1.05. The Balaban J connectivity index is 3.33. The van der Waals surface area contributed by atoms with Crippen LogP contribution in [0.4, 0.5) is 0 Å². The van der Waals surface area contributed by atoms with E-state index in [1.165, 1.54) is 6.04 Å². The highest BCUT2D eigenvalue weighted by atomic mass is 35.5. The van der Waals surface area contributed by atoms with Gasteiger partial charge in [0.05, 0.1) is 8.07 Å². The Morgan fingerprint density at radius 2 is 1.78 bits per heavy atom. The van der Waals surface area contributed by atoms with E-state index in [-0.39, 0.29) is 0 Å². The van der Waals surface area contributed by atoms with E-state index in [2.05, 4.69) is 13.1 Å². The molecule has 0 radical (unpaired) electrons. The van der Waals surface area contributed by atoms with Crippen molar-refractivity contribution in [2.24, 2.45) is 0 Å². The van der Waals surface area contributed by atoms with Crippen LogP contribution >= 0.6 is 23.2 Å². The Morgan fingerprint density at radius 3 is 2.11 bits per heavy atom. The summed E-state index contributed by atoms with van der Waals surface area (Å²) in [5, 5.41) is 0. The molecular formula is C6H14Cl2Si. The predicted molar refractivity (Wildman–Crippen MR) is 48.3 cm³/mol. The molecule has 0 bridgehead atoms. The molecule has 0 amide bonds. The monoisotopic (exact) mass is 184 g/mol. The van der Waals surface area contributed by atoms with Gasteiger partial charge >= 0.3 is 0 Å². The lowest BCUT2D eigenvalue weighted by Gasteiger charge is -2.16. The highest BCUT2D eigenvalue weighted by molar-refractivity contribution is 6.83. The van der Waals surface area contributed by atoms with Gasteiger partial charge in [0.2, 0.25) is 0 Å².